The van der Waals surface area contributed by atoms with Crippen LogP contribution in [0.2, 0.25) is 0 Å². The zero-order valence-electron chi connectivity index (χ0n) is 33.6. The molecule has 0 aliphatic rings. The summed E-state index contributed by atoms with van der Waals surface area (Å²) < 4.78 is 7.43. The number of benzene rings is 10. The molecule has 13 aromatic rings. The van der Waals surface area contributed by atoms with Crippen LogP contribution in [0.3, 0.4) is 0 Å². The zero-order valence-corrected chi connectivity index (χ0v) is 34.4. The molecule has 0 N–H and O–H groups in total. The lowest BCUT2D eigenvalue weighted by Gasteiger charge is -2.27. The van der Waals surface area contributed by atoms with Crippen LogP contribution >= 0.6 is 11.3 Å². The van der Waals surface area contributed by atoms with Crippen molar-refractivity contribution in [2.45, 2.75) is 0 Å². The Kier molecular flexibility index (Phi) is 7.78. The summed E-state index contributed by atoms with van der Waals surface area (Å²) in [6, 6.07) is 82.4. The van der Waals surface area contributed by atoms with Crippen LogP contribution in [0.1, 0.15) is 0 Å². The van der Waals surface area contributed by atoms with E-state index in [2.05, 4.69) is 238 Å². The molecular weight excluding hydrogens is 771 g/mol. The standard InChI is InChI=1S/C58H37N3S/c1-2-17-42(18-3-1)60-52-24-10-7-22-49(52)58-53(25-13-26-54(58)60)59(45-31-33-57-50(37-45)48-21-8-11-27-56(48)62-57)43-19-12-16-40(35-43)41-29-32-47-46-20-6-9-23-51(46)61(55(47)36-41)44-30-28-38-14-4-5-15-39(38)34-44/h1-37H. The van der Waals surface area contributed by atoms with Crippen LogP contribution in [0.5, 0.6) is 0 Å². The van der Waals surface area contributed by atoms with Crippen molar-refractivity contribution in [3.05, 3.63) is 224 Å². The highest BCUT2D eigenvalue weighted by molar-refractivity contribution is 7.25. The molecule has 0 radical (unpaired) electrons. The van der Waals surface area contributed by atoms with E-state index in [4.69, 9.17) is 0 Å². The largest absolute Gasteiger partial charge is 0.310 e. The molecule has 3 nitrogen and oxygen atoms in total. The van der Waals surface area contributed by atoms with Gasteiger partial charge < -0.3 is 14.0 Å². The van der Waals surface area contributed by atoms with Gasteiger partial charge in [0.2, 0.25) is 0 Å². The molecule has 0 spiro atoms. The normalized spacial score (nSPS) is 11.9. The van der Waals surface area contributed by atoms with Crippen LogP contribution in [0, 0.1) is 0 Å². The number of hydrogen-bond donors (Lipinski definition) is 0. The van der Waals surface area contributed by atoms with Gasteiger partial charge in [0, 0.05) is 64.5 Å². The van der Waals surface area contributed by atoms with Gasteiger partial charge in [-0.3, -0.25) is 0 Å². The maximum atomic E-state index is 2.48. The number of hydrogen-bond acceptors (Lipinski definition) is 2. The highest BCUT2D eigenvalue weighted by Crippen LogP contribution is 2.46. The number of aromatic nitrogens is 2. The topological polar surface area (TPSA) is 13.1 Å². The lowest BCUT2D eigenvalue weighted by Crippen LogP contribution is -2.10. The van der Waals surface area contributed by atoms with Gasteiger partial charge in [-0.1, -0.05) is 133 Å². The van der Waals surface area contributed by atoms with Crippen LogP contribution in [0.4, 0.5) is 17.1 Å². The SMILES string of the molecule is c1ccc(-n2c3ccccc3c3c(N(c4cccc(-c5ccc6c7ccccc7n(-c7ccc8ccccc8c7)c6c5)c4)c4ccc5sc6ccccc6c5c4)cccc32)cc1. The van der Waals surface area contributed by atoms with Gasteiger partial charge in [0.15, 0.2) is 0 Å². The van der Waals surface area contributed by atoms with E-state index in [0.29, 0.717) is 0 Å². The number of rotatable bonds is 6. The Morgan fingerprint density at radius 3 is 1.85 bits per heavy atom. The zero-order chi connectivity index (χ0) is 40.7. The van der Waals surface area contributed by atoms with Crippen LogP contribution in [0.15, 0.2) is 224 Å². The highest BCUT2D eigenvalue weighted by atomic mass is 32.1. The summed E-state index contributed by atoms with van der Waals surface area (Å²) in [5.41, 5.74) is 12.7. The van der Waals surface area contributed by atoms with Crippen molar-refractivity contribution in [2.75, 3.05) is 4.90 Å². The van der Waals surface area contributed by atoms with E-state index in [1.54, 1.807) is 0 Å². The van der Waals surface area contributed by atoms with Gasteiger partial charge in [-0.05, 0) is 113 Å². The first-order chi connectivity index (χ1) is 30.7. The molecule has 62 heavy (non-hydrogen) atoms. The minimum atomic E-state index is 1.10. The Bertz CT molecular complexity index is 3890. The van der Waals surface area contributed by atoms with E-state index in [1.807, 2.05) is 11.3 Å². The van der Waals surface area contributed by atoms with Gasteiger partial charge in [0.05, 0.1) is 27.8 Å². The molecule has 0 saturated carbocycles. The van der Waals surface area contributed by atoms with Crippen LogP contribution < -0.4 is 4.90 Å². The number of fused-ring (bicyclic) bond motifs is 10. The van der Waals surface area contributed by atoms with Crippen molar-refractivity contribution >= 4 is 103 Å². The number of para-hydroxylation sites is 3. The van der Waals surface area contributed by atoms with Crippen molar-refractivity contribution in [3.63, 3.8) is 0 Å². The van der Waals surface area contributed by atoms with Gasteiger partial charge in [0.1, 0.15) is 0 Å². The lowest BCUT2D eigenvalue weighted by atomic mass is 10.0. The summed E-state index contributed by atoms with van der Waals surface area (Å²) in [4.78, 5) is 2.48. The third-order valence-corrected chi connectivity index (χ3v) is 13.8. The van der Waals surface area contributed by atoms with Crippen LogP contribution in [0.25, 0.3) is 97.1 Å². The molecule has 3 aromatic heterocycles. The minimum absolute atomic E-state index is 1.10. The number of nitrogens with zero attached hydrogens (tertiary/aromatic N) is 3. The fourth-order valence-corrected chi connectivity index (χ4v) is 11.0. The van der Waals surface area contributed by atoms with E-state index in [9.17, 15) is 0 Å². The summed E-state index contributed by atoms with van der Waals surface area (Å²) >= 11 is 1.86. The second-order valence-corrected chi connectivity index (χ2v) is 17.2. The first-order valence-electron chi connectivity index (χ1n) is 21.2. The third kappa shape index (κ3) is 5.37. The molecule has 3 heterocycles. The highest BCUT2D eigenvalue weighted by Gasteiger charge is 2.22. The molecule has 4 heteroatoms. The lowest BCUT2D eigenvalue weighted by molar-refractivity contribution is 1.18. The molecule has 13 rings (SSSR count). The molecule has 0 fully saturated rings. The van der Waals surface area contributed by atoms with Gasteiger partial charge in [-0.15, -0.1) is 11.3 Å². The Hall–Kier alpha value is -7.92. The molecule has 0 amide bonds. The monoisotopic (exact) mass is 807 g/mol. The Balaban J connectivity index is 1.04. The third-order valence-electron chi connectivity index (χ3n) is 12.7. The molecule has 0 bridgehead atoms. The average molecular weight is 808 g/mol. The fourth-order valence-electron chi connectivity index (χ4n) is 9.89. The molecule has 0 unspecified atom stereocenters. The first-order valence-corrected chi connectivity index (χ1v) is 22.0. The summed E-state index contributed by atoms with van der Waals surface area (Å²) in [6.07, 6.45) is 0. The van der Waals surface area contributed by atoms with E-state index in [0.717, 1.165) is 34.0 Å². The van der Waals surface area contributed by atoms with E-state index in [-0.39, 0.29) is 0 Å². The summed E-state index contributed by atoms with van der Waals surface area (Å²) in [5, 5.41) is 9.97. The molecule has 0 aliphatic heterocycles. The minimum Gasteiger partial charge on any atom is -0.310 e. The van der Waals surface area contributed by atoms with Gasteiger partial charge in [-0.2, -0.15) is 0 Å². The van der Waals surface area contributed by atoms with Gasteiger partial charge in [-0.25, -0.2) is 0 Å². The molecule has 290 valence electrons. The second-order valence-electron chi connectivity index (χ2n) is 16.1. The number of anilines is 3. The van der Waals surface area contributed by atoms with Crippen molar-refractivity contribution in [1.29, 1.82) is 0 Å². The van der Waals surface area contributed by atoms with Crippen molar-refractivity contribution in [2.24, 2.45) is 0 Å². The Morgan fingerprint density at radius 1 is 0.323 bits per heavy atom. The summed E-state index contributed by atoms with van der Waals surface area (Å²) in [5.74, 6) is 0. The van der Waals surface area contributed by atoms with Crippen LogP contribution in [-0.4, -0.2) is 9.13 Å². The smallest absolute Gasteiger partial charge is 0.0562 e. The maximum Gasteiger partial charge on any atom is 0.0562 e. The first kappa shape index (κ1) is 34.9. The Labute approximate surface area is 362 Å². The Morgan fingerprint density at radius 2 is 0.968 bits per heavy atom. The maximum absolute atomic E-state index is 2.48. The van der Waals surface area contributed by atoms with Crippen molar-refractivity contribution < 1.29 is 0 Å². The molecule has 10 aromatic carbocycles. The molecular formula is C58H37N3S. The molecule has 0 saturated heterocycles. The van der Waals surface area contributed by atoms with Crippen molar-refractivity contribution in [1.82, 2.24) is 9.13 Å². The quantitative estimate of drug-likeness (QED) is 0.163. The second kappa shape index (κ2) is 13.8. The molecule has 0 atom stereocenters. The van der Waals surface area contributed by atoms with E-state index in [1.165, 1.54) is 80.1 Å². The predicted molar refractivity (Wildman–Crippen MR) is 266 cm³/mol. The molecule has 0 aliphatic carbocycles. The average Bonchev–Trinajstić information content (AvgIpc) is 3.99. The predicted octanol–water partition coefficient (Wildman–Crippen LogP) is 16.5. The van der Waals surface area contributed by atoms with E-state index >= 15 is 0 Å². The summed E-state index contributed by atoms with van der Waals surface area (Å²) in [6.45, 7) is 0. The van der Waals surface area contributed by atoms with Crippen molar-refractivity contribution in [3.8, 4) is 22.5 Å². The van der Waals surface area contributed by atoms with Gasteiger partial charge >= 0.3 is 0 Å². The fraction of sp³-hybridized carbons (Fsp3) is 0. The van der Waals surface area contributed by atoms with E-state index < -0.39 is 0 Å². The summed E-state index contributed by atoms with van der Waals surface area (Å²) in [7, 11) is 0. The van der Waals surface area contributed by atoms with Crippen LogP contribution in [-0.2, 0) is 0 Å². The number of thiophene rings is 1. The van der Waals surface area contributed by atoms with Gasteiger partial charge in [0.25, 0.3) is 0 Å².